The van der Waals surface area contributed by atoms with Crippen LogP contribution in [0.4, 0.5) is 0 Å². The first-order valence-corrected chi connectivity index (χ1v) is 7.32. The van der Waals surface area contributed by atoms with E-state index in [1.54, 1.807) is 11.8 Å². The lowest BCUT2D eigenvalue weighted by atomic mass is 10.2. The fraction of sp³-hybridized carbons (Fsp3) is 0.500. The number of benzene rings is 1. The number of piperazine rings is 1. The minimum absolute atomic E-state index is 0. The van der Waals surface area contributed by atoms with Gasteiger partial charge in [-0.15, -0.1) is 24.2 Å². The average Bonchev–Trinajstić information content (AvgIpc) is 2.39. The molecule has 1 aromatic rings. The van der Waals surface area contributed by atoms with E-state index in [4.69, 9.17) is 0 Å². The van der Waals surface area contributed by atoms with Crippen molar-refractivity contribution in [3.63, 3.8) is 0 Å². The number of rotatable bonds is 3. The van der Waals surface area contributed by atoms with Crippen molar-refractivity contribution in [1.82, 2.24) is 10.2 Å². The highest BCUT2D eigenvalue weighted by molar-refractivity contribution is 8.00. The first-order chi connectivity index (χ1) is 8.68. The van der Waals surface area contributed by atoms with Gasteiger partial charge in [-0.1, -0.05) is 26.0 Å². The van der Waals surface area contributed by atoms with Gasteiger partial charge in [-0.05, 0) is 12.1 Å². The zero-order chi connectivity index (χ0) is 13.0. The number of carbonyl (C=O) groups is 1. The molecule has 1 amide bonds. The minimum atomic E-state index is 0. The first kappa shape index (κ1) is 16.3. The van der Waals surface area contributed by atoms with Crippen molar-refractivity contribution in [1.29, 1.82) is 0 Å². The number of hydrogen-bond donors (Lipinski definition) is 1. The summed E-state index contributed by atoms with van der Waals surface area (Å²) in [4.78, 5) is 15.5. The molecule has 1 fully saturated rings. The van der Waals surface area contributed by atoms with Crippen molar-refractivity contribution >= 4 is 30.1 Å². The van der Waals surface area contributed by atoms with Gasteiger partial charge in [0.15, 0.2) is 0 Å². The van der Waals surface area contributed by atoms with E-state index < -0.39 is 0 Å². The molecule has 1 heterocycles. The van der Waals surface area contributed by atoms with Crippen LogP contribution < -0.4 is 5.32 Å². The molecule has 106 valence electrons. The maximum absolute atomic E-state index is 12.5. The summed E-state index contributed by atoms with van der Waals surface area (Å²) >= 11 is 1.75. The molecule has 0 unspecified atom stereocenters. The third-order valence-corrected chi connectivity index (χ3v) is 3.97. The predicted octanol–water partition coefficient (Wildman–Crippen LogP) is 2.65. The van der Waals surface area contributed by atoms with Crippen molar-refractivity contribution in [2.24, 2.45) is 0 Å². The molecule has 1 N–H and O–H groups in total. The third-order valence-electron chi connectivity index (χ3n) is 2.88. The molecule has 1 aliphatic rings. The van der Waals surface area contributed by atoms with Crippen LogP contribution in [0.5, 0.6) is 0 Å². The lowest BCUT2D eigenvalue weighted by molar-refractivity contribution is 0.0732. The Labute approximate surface area is 125 Å². The Morgan fingerprint density at radius 3 is 2.53 bits per heavy atom. The number of nitrogens with one attached hydrogen (secondary N) is 1. The number of nitrogens with zero attached hydrogens (tertiary/aromatic N) is 1. The summed E-state index contributed by atoms with van der Waals surface area (Å²) < 4.78 is 0. The largest absolute Gasteiger partial charge is 0.336 e. The lowest BCUT2D eigenvalue weighted by Crippen LogP contribution is -2.46. The maximum Gasteiger partial charge on any atom is 0.255 e. The van der Waals surface area contributed by atoms with Crippen LogP contribution in [0, 0.1) is 0 Å². The standard InChI is InChI=1S/C14H20N2OS.ClH/c1-11(2)18-13-6-4-3-5-12(13)14(17)16-9-7-15-8-10-16;/h3-6,11,15H,7-10H2,1-2H3;1H. The fourth-order valence-electron chi connectivity index (χ4n) is 2.04. The van der Waals surface area contributed by atoms with Gasteiger partial charge in [0.25, 0.3) is 5.91 Å². The molecule has 0 atom stereocenters. The molecule has 1 aliphatic heterocycles. The third kappa shape index (κ3) is 4.41. The molecule has 2 rings (SSSR count). The minimum Gasteiger partial charge on any atom is -0.336 e. The maximum atomic E-state index is 12.5. The van der Waals surface area contributed by atoms with E-state index in [1.165, 1.54) is 0 Å². The zero-order valence-corrected chi connectivity index (χ0v) is 13.0. The molecule has 0 aromatic heterocycles. The van der Waals surface area contributed by atoms with Gasteiger partial charge in [0.2, 0.25) is 0 Å². The van der Waals surface area contributed by atoms with Gasteiger partial charge in [0, 0.05) is 36.3 Å². The number of amides is 1. The Morgan fingerprint density at radius 1 is 1.26 bits per heavy atom. The summed E-state index contributed by atoms with van der Waals surface area (Å²) in [5.41, 5.74) is 0.845. The van der Waals surface area contributed by atoms with Crippen LogP contribution >= 0.6 is 24.2 Å². The summed E-state index contributed by atoms with van der Waals surface area (Å²) in [7, 11) is 0. The van der Waals surface area contributed by atoms with E-state index in [0.717, 1.165) is 36.6 Å². The molecule has 0 bridgehead atoms. The SMILES string of the molecule is CC(C)Sc1ccccc1C(=O)N1CCNCC1.Cl. The Hall–Kier alpha value is -0.710. The Bertz CT molecular complexity index is 420. The monoisotopic (exact) mass is 300 g/mol. The molecule has 3 nitrogen and oxygen atoms in total. The number of halogens is 1. The Morgan fingerprint density at radius 2 is 1.89 bits per heavy atom. The van der Waals surface area contributed by atoms with Crippen LogP contribution in [0.25, 0.3) is 0 Å². The van der Waals surface area contributed by atoms with Crippen LogP contribution in [0.3, 0.4) is 0 Å². The predicted molar refractivity (Wildman–Crippen MR) is 83.5 cm³/mol. The van der Waals surface area contributed by atoms with E-state index in [2.05, 4.69) is 19.2 Å². The van der Waals surface area contributed by atoms with Gasteiger partial charge < -0.3 is 10.2 Å². The zero-order valence-electron chi connectivity index (χ0n) is 11.4. The topological polar surface area (TPSA) is 32.3 Å². The van der Waals surface area contributed by atoms with Crippen LogP contribution in [0.15, 0.2) is 29.2 Å². The van der Waals surface area contributed by atoms with Crippen molar-refractivity contribution < 1.29 is 4.79 Å². The van der Waals surface area contributed by atoms with Crippen molar-refractivity contribution in [3.8, 4) is 0 Å². The molecule has 1 aromatic carbocycles. The first-order valence-electron chi connectivity index (χ1n) is 6.44. The summed E-state index contributed by atoms with van der Waals surface area (Å²) in [6.07, 6.45) is 0. The summed E-state index contributed by atoms with van der Waals surface area (Å²) in [5.74, 6) is 0.167. The van der Waals surface area contributed by atoms with Gasteiger partial charge in [0.1, 0.15) is 0 Å². The molecule has 0 aliphatic carbocycles. The second-order valence-electron chi connectivity index (χ2n) is 4.70. The quantitative estimate of drug-likeness (QED) is 0.871. The Kier molecular flexibility index (Phi) is 6.69. The van der Waals surface area contributed by atoms with Crippen LogP contribution in [0.2, 0.25) is 0 Å². The van der Waals surface area contributed by atoms with Gasteiger partial charge in [-0.3, -0.25) is 4.79 Å². The van der Waals surface area contributed by atoms with Gasteiger partial charge in [0.05, 0.1) is 5.56 Å². The molecular weight excluding hydrogens is 280 g/mol. The van der Waals surface area contributed by atoms with Crippen LogP contribution in [-0.2, 0) is 0 Å². The van der Waals surface area contributed by atoms with E-state index in [0.29, 0.717) is 5.25 Å². The normalized spacial score (nSPS) is 15.2. The highest BCUT2D eigenvalue weighted by Gasteiger charge is 2.20. The van der Waals surface area contributed by atoms with E-state index in [-0.39, 0.29) is 18.3 Å². The Balaban J connectivity index is 0.00000180. The second kappa shape index (κ2) is 7.78. The van der Waals surface area contributed by atoms with Crippen molar-refractivity contribution in [2.45, 2.75) is 24.0 Å². The highest BCUT2D eigenvalue weighted by Crippen LogP contribution is 2.27. The second-order valence-corrected chi connectivity index (χ2v) is 6.32. The summed E-state index contributed by atoms with van der Waals surface area (Å²) in [6, 6.07) is 7.92. The average molecular weight is 301 g/mol. The number of hydrogen-bond acceptors (Lipinski definition) is 3. The van der Waals surface area contributed by atoms with Crippen molar-refractivity contribution in [3.05, 3.63) is 29.8 Å². The summed E-state index contributed by atoms with van der Waals surface area (Å²) in [5, 5.41) is 3.76. The molecule has 5 heteroatoms. The molecule has 1 saturated heterocycles. The fourth-order valence-corrected chi connectivity index (χ4v) is 2.99. The summed E-state index contributed by atoms with van der Waals surface area (Å²) in [6.45, 7) is 7.70. The molecule has 0 saturated carbocycles. The van der Waals surface area contributed by atoms with Crippen LogP contribution in [-0.4, -0.2) is 42.2 Å². The van der Waals surface area contributed by atoms with Crippen molar-refractivity contribution in [2.75, 3.05) is 26.2 Å². The van der Waals surface area contributed by atoms with Gasteiger partial charge in [-0.25, -0.2) is 0 Å². The lowest BCUT2D eigenvalue weighted by Gasteiger charge is -2.28. The highest BCUT2D eigenvalue weighted by atomic mass is 35.5. The molecule has 0 spiro atoms. The van der Waals surface area contributed by atoms with E-state index in [1.807, 2.05) is 29.2 Å². The molecule has 0 radical (unpaired) electrons. The van der Waals surface area contributed by atoms with E-state index in [9.17, 15) is 4.79 Å². The molecular formula is C14H21ClN2OS. The van der Waals surface area contributed by atoms with Crippen LogP contribution in [0.1, 0.15) is 24.2 Å². The smallest absolute Gasteiger partial charge is 0.255 e. The van der Waals surface area contributed by atoms with Gasteiger partial charge >= 0.3 is 0 Å². The number of carbonyl (C=O) groups excluding carboxylic acids is 1. The van der Waals surface area contributed by atoms with Gasteiger partial charge in [-0.2, -0.15) is 0 Å². The van der Waals surface area contributed by atoms with E-state index >= 15 is 0 Å². The number of thioether (sulfide) groups is 1. The molecule has 19 heavy (non-hydrogen) atoms.